The van der Waals surface area contributed by atoms with E-state index in [1.165, 1.54) is 0 Å². The smallest absolute Gasteiger partial charge is 0.248 e. The normalized spacial score (nSPS) is 39.7. The van der Waals surface area contributed by atoms with Crippen LogP contribution in [0.5, 0.6) is 0 Å². The molecule has 2 rings (SSSR count). The number of methoxy groups -OCH3 is 1. The molecule has 17 heavy (non-hydrogen) atoms. The minimum atomic E-state index is -2.66. The van der Waals surface area contributed by atoms with Crippen LogP contribution >= 0.6 is 0 Å². The van der Waals surface area contributed by atoms with Gasteiger partial charge in [-0.15, -0.1) is 0 Å². The average Bonchev–Trinajstić information content (AvgIpc) is 2.23. The summed E-state index contributed by atoms with van der Waals surface area (Å²) in [5, 5.41) is 20.0. The second kappa shape index (κ2) is 4.14. The van der Waals surface area contributed by atoms with Crippen LogP contribution < -0.4 is 0 Å². The second-order valence-corrected chi connectivity index (χ2v) is 5.59. The fourth-order valence-electron chi connectivity index (χ4n) is 3.19. The lowest BCUT2D eigenvalue weighted by atomic mass is 9.54. The number of rotatable bonds is 3. The first-order valence-electron chi connectivity index (χ1n) is 6.10. The SMILES string of the molecule is COC1CC(CO)(C2(O)CCC(F)(F)CC2)C1. The molecule has 3 nitrogen and oxygen atoms in total. The number of aliphatic hydroxyl groups is 2. The summed E-state index contributed by atoms with van der Waals surface area (Å²) in [6, 6.07) is 0. The summed E-state index contributed by atoms with van der Waals surface area (Å²) >= 11 is 0. The van der Waals surface area contributed by atoms with Gasteiger partial charge in [-0.25, -0.2) is 8.78 Å². The molecule has 0 aromatic rings. The fourth-order valence-corrected chi connectivity index (χ4v) is 3.19. The molecule has 2 saturated carbocycles. The maximum Gasteiger partial charge on any atom is 0.248 e. The highest BCUT2D eigenvalue weighted by molar-refractivity contribution is 5.09. The van der Waals surface area contributed by atoms with E-state index < -0.39 is 16.9 Å². The Balaban J connectivity index is 2.06. The van der Waals surface area contributed by atoms with E-state index in [-0.39, 0.29) is 38.4 Å². The summed E-state index contributed by atoms with van der Waals surface area (Å²) in [6.45, 7) is -0.158. The Morgan fingerprint density at radius 1 is 1.18 bits per heavy atom. The molecule has 2 fully saturated rings. The number of halogens is 2. The van der Waals surface area contributed by atoms with Gasteiger partial charge in [-0.1, -0.05) is 0 Å². The first-order chi connectivity index (χ1) is 7.86. The van der Waals surface area contributed by atoms with Gasteiger partial charge in [-0.2, -0.15) is 0 Å². The van der Waals surface area contributed by atoms with Gasteiger partial charge in [-0.05, 0) is 25.7 Å². The lowest BCUT2D eigenvalue weighted by molar-refractivity contribution is -0.227. The standard InChI is InChI=1S/C12H20F2O3/c1-17-9-6-10(7-9,8-15)11(16)2-4-12(13,14)5-3-11/h9,15-16H,2-8H2,1H3. The largest absolute Gasteiger partial charge is 0.396 e. The molecule has 0 aliphatic heterocycles. The Labute approximate surface area is 99.8 Å². The lowest BCUT2D eigenvalue weighted by Crippen LogP contribution is -2.61. The van der Waals surface area contributed by atoms with Crippen LogP contribution in [-0.2, 0) is 4.74 Å². The van der Waals surface area contributed by atoms with Crippen LogP contribution in [0.4, 0.5) is 8.78 Å². The van der Waals surface area contributed by atoms with Crippen molar-refractivity contribution in [1.82, 2.24) is 0 Å². The summed E-state index contributed by atoms with van der Waals surface area (Å²) in [6.07, 6.45) is 0.706. The molecule has 2 N–H and O–H groups in total. The summed E-state index contributed by atoms with van der Waals surface area (Å²) < 4.78 is 31.4. The summed E-state index contributed by atoms with van der Waals surface area (Å²) in [5.74, 6) is -2.66. The van der Waals surface area contributed by atoms with Crippen LogP contribution in [0.2, 0.25) is 0 Å². The Morgan fingerprint density at radius 2 is 1.71 bits per heavy atom. The number of hydrogen-bond donors (Lipinski definition) is 2. The molecule has 0 amide bonds. The Morgan fingerprint density at radius 3 is 2.12 bits per heavy atom. The summed E-state index contributed by atoms with van der Waals surface area (Å²) in [5.41, 5.74) is -1.79. The maximum absolute atomic E-state index is 13.1. The van der Waals surface area contributed by atoms with Crippen LogP contribution in [0.1, 0.15) is 38.5 Å². The van der Waals surface area contributed by atoms with Crippen LogP contribution in [0.25, 0.3) is 0 Å². The maximum atomic E-state index is 13.1. The molecular formula is C12H20F2O3. The van der Waals surface area contributed by atoms with Crippen molar-refractivity contribution in [3.05, 3.63) is 0 Å². The van der Waals surface area contributed by atoms with Crippen LogP contribution in [0, 0.1) is 5.41 Å². The molecule has 5 heteroatoms. The van der Waals surface area contributed by atoms with Crippen LogP contribution in [-0.4, -0.2) is 41.6 Å². The van der Waals surface area contributed by atoms with E-state index in [0.29, 0.717) is 12.8 Å². The molecule has 0 bridgehead atoms. The molecule has 2 aliphatic rings. The Bertz CT molecular complexity index is 277. The van der Waals surface area contributed by atoms with Crippen molar-refractivity contribution in [1.29, 1.82) is 0 Å². The zero-order valence-corrected chi connectivity index (χ0v) is 10.1. The van der Waals surface area contributed by atoms with Gasteiger partial charge in [0.25, 0.3) is 0 Å². The highest BCUT2D eigenvalue weighted by atomic mass is 19.3. The van der Waals surface area contributed by atoms with Crippen molar-refractivity contribution in [2.24, 2.45) is 5.41 Å². The Kier molecular flexibility index (Phi) is 3.21. The van der Waals surface area contributed by atoms with E-state index in [0.717, 1.165) is 0 Å². The topological polar surface area (TPSA) is 49.7 Å². The summed E-state index contributed by atoms with van der Waals surface area (Å²) in [4.78, 5) is 0. The molecule has 100 valence electrons. The van der Waals surface area contributed by atoms with Crippen molar-refractivity contribution in [2.75, 3.05) is 13.7 Å². The number of alkyl halides is 2. The molecule has 0 unspecified atom stereocenters. The minimum absolute atomic E-state index is 0.0358. The van der Waals surface area contributed by atoms with Crippen LogP contribution in [0.15, 0.2) is 0 Å². The molecule has 0 aromatic heterocycles. The third-order valence-corrected chi connectivity index (χ3v) is 4.67. The van der Waals surface area contributed by atoms with Gasteiger partial charge >= 0.3 is 0 Å². The van der Waals surface area contributed by atoms with E-state index >= 15 is 0 Å². The third kappa shape index (κ3) is 2.09. The van der Waals surface area contributed by atoms with Gasteiger partial charge in [0.05, 0.1) is 18.3 Å². The number of ether oxygens (including phenoxy) is 1. The van der Waals surface area contributed by atoms with E-state index in [1.807, 2.05) is 0 Å². The minimum Gasteiger partial charge on any atom is -0.396 e. The van der Waals surface area contributed by atoms with Crippen LogP contribution in [0.3, 0.4) is 0 Å². The van der Waals surface area contributed by atoms with Crippen molar-refractivity contribution in [3.8, 4) is 0 Å². The van der Waals surface area contributed by atoms with E-state index in [1.54, 1.807) is 7.11 Å². The van der Waals surface area contributed by atoms with Crippen molar-refractivity contribution in [3.63, 3.8) is 0 Å². The van der Waals surface area contributed by atoms with Crippen molar-refractivity contribution in [2.45, 2.75) is 56.2 Å². The highest BCUT2D eigenvalue weighted by Gasteiger charge is 2.60. The number of hydrogen-bond acceptors (Lipinski definition) is 3. The predicted molar refractivity (Wildman–Crippen MR) is 57.9 cm³/mol. The quantitative estimate of drug-likeness (QED) is 0.801. The molecule has 0 radical (unpaired) electrons. The van der Waals surface area contributed by atoms with Gasteiger partial charge in [0.15, 0.2) is 0 Å². The summed E-state index contributed by atoms with van der Waals surface area (Å²) in [7, 11) is 1.59. The van der Waals surface area contributed by atoms with Crippen molar-refractivity contribution < 1.29 is 23.7 Å². The first kappa shape index (κ1) is 13.2. The zero-order chi connectivity index (χ0) is 12.7. The molecule has 2 aliphatic carbocycles. The zero-order valence-electron chi connectivity index (χ0n) is 10.1. The van der Waals surface area contributed by atoms with Gasteiger partial charge < -0.3 is 14.9 Å². The molecule has 0 spiro atoms. The Hall–Kier alpha value is -0.260. The van der Waals surface area contributed by atoms with E-state index in [9.17, 15) is 19.0 Å². The monoisotopic (exact) mass is 250 g/mol. The molecule has 0 saturated heterocycles. The molecule has 0 heterocycles. The second-order valence-electron chi connectivity index (χ2n) is 5.59. The predicted octanol–water partition coefficient (Wildman–Crippen LogP) is 1.71. The van der Waals surface area contributed by atoms with Crippen molar-refractivity contribution >= 4 is 0 Å². The van der Waals surface area contributed by atoms with Gasteiger partial charge in [0.2, 0.25) is 5.92 Å². The highest BCUT2D eigenvalue weighted by Crippen LogP contribution is 2.56. The van der Waals surface area contributed by atoms with E-state index in [2.05, 4.69) is 0 Å². The molecule has 0 aromatic carbocycles. The van der Waals surface area contributed by atoms with Gasteiger partial charge in [-0.3, -0.25) is 0 Å². The lowest BCUT2D eigenvalue weighted by Gasteiger charge is -2.57. The average molecular weight is 250 g/mol. The fraction of sp³-hybridized carbons (Fsp3) is 1.00. The third-order valence-electron chi connectivity index (χ3n) is 4.67. The van der Waals surface area contributed by atoms with Gasteiger partial charge in [0.1, 0.15) is 0 Å². The first-order valence-corrected chi connectivity index (χ1v) is 6.10. The molecular weight excluding hydrogens is 230 g/mol. The van der Waals surface area contributed by atoms with E-state index in [4.69, 9.17) is 4.74 Å². The molecule has 0 atom stereocenters. The number of aliphatic hydroxyl groups excluding tert-OH is 1. The van der Waals surface area contributed by atoms with Gasteiger partial charge in [0, 0.05) is 25.4 Å².